The molecule has 0 fully saturated rings. The Morgan fingerprint density at radius 1 is 1.10 bits per heavy atom. The average molecular weight is 287 g/mol. The zero-order chi connectivity index (χ0) is 14.9. The molecule has 2 unspecified atom stereocenters. The van der Waals surface area contributed by atoms with Crippen molar-refractivity contribution < 1.29 is 9.52 Å². The number of hydrogen-bond donors (Lipinski definition) is 2. The van der Waals surface area contributed by atoms with E-state index in [0.29, 0.717) is 5.92 Å². The van der Waals surface area contributed by atoms with Crippen LogP contribution in [0.3, 0.4) is 0 Å². The maximum Gasteiger partial charge on any atom is 0.125 e. The van der Waals surface area contributed by atoms with Crippen LogP contribution >= 0.6 is 0 Å². The first-order chi connectivity index (χ1) is 10.3. The molecule has 0 aliphatic carbocycles. The Hall–Kier alpha value is -1.58. The molecule has 1 aromatic carbocycles. The van der Waals surface area contributed by atoms with Gasteiger partial charge in [-0.1, -0.05) is 43.7 Å². The third-order valence-corrected chi connectivity index (χ3v) is 3.81. The van der Waals surface area contributed by atoms with Gasteiger partial charge in [-0.2, -0.15) is 0 Å². The number of nitrogens with one attached hydrogen (secondary N) is 1. The van der Waals surface area contributed by atoms with Crippen LogP contribution in [0.1, 0.15) is 43.6 Å². The van der Waals surface area contributed by atoms with E-state index < -0.39 is 0 Å². The third kappa shape index (κ3) is 4.73. The summed E-state index contributed by atoms with van der Waals surface area (Å²) in [5.74, 6) is 1.43. The minimum Gasteiger partial charge on any atom is -0.467 e. The highest BCUT2D eigenvalue weighted by Gasteiger charge is 2.18. The molecule has 3 nitrogen and oxygen atoms in total. The van der Waals surface area contributed by atoms with Crippen LogP contribution in [0, 0.1) is 5.92 Å². The highest BCUT2D eigenvalue weighted by molar-refractivity contribution is 5.26. The van der Waals surface area contributed by atoms with Gasteiger partial charge in [0.1, 0.15) is 5.76 Å². The monoisotopic (exact) mass is 287 g/mol. The zero-order valence-corrected chi connectivity index (χ0v) is 12.7. The fourth-order valence-corrected chi connectivity index (χ4v) is 2.71. The van der Waals surface area contributed by atoms with Crippen LogP contribution in [-0.2, 0) is 0 Å². The van der Waals surface area contributed by atoms with E-state index >= 15 is 0 Å². The Morgan fingerprint density at radius 2 is 1.90 bits per heavy atom. The van der Waals surface area contributed by atoms with E-state index in [2.05, 4.69) is 24.4 Å². The van der Waals surface area contributed by atoms with E-state index in [0.717, 1.165) is 31.6 Å². The summed E-state index contributed by atoms with van der Waals surface area (Å²) < 4.78 is 5.59. The topological polar surface area (TPSA) is 45.4 Å². The molecule has 0 saturated carbocycles. The molecule has 114 valence electrons. The fourth-order valence-electron chi connectivity index (χ4n) is 2.71. The lowest BCUT2D eigenvalue weighted by atomic mass is 9.98. The quantitative estimate of drug-likeness (QED) is 0.738. The van der Waals surface area contributed by atoms with E-state index in [4.69, 9.17) is 4.42 Å². The summed E-state index contributed by atoms with van der Waals surface area (Å²) >= 11 is 0. The molecule has 21 heavy (non-hydrogen) atoms. The lowest BCUT2D eigenvalue weighted by Gasteiger charge is -2.21. The smallest absolute Gasteiger partial charge is 0.125 e. The minimum absolute atomic E-state index is 0.0687. The number of benzene rings is 1. The molecule has 2 aromatic rings. The molecule has 0 radical (unpaired) electrons. The second-order valence-corrected chi connectivity index (χ2v) is 5.43. The van der Waals surface area contributed by atoms with Crippen molar-refractivity contribution in [3.05, 3.63) is 60.1 Å². The fraction of sp³-hybridized carbons (Fsp3) is 0.444. The molecule has 2 rings (SSSR count). The normalized spacial score (nSPS) is 14.0. The second-order valence-electron chi connectivity index (χ2n) is 5.43. The van der Waals surface area contributed by atoms with Crippen LogP contribution in [0.4, 0.5) is 0 Å². The van der Waals surface area contributed by atoms with E-state index in [1.54, 1.807) is 6.26 Å². The molecule has 1 aromatic heterocycles. The largest absolute Gasteiger partial charge is 0.467 e. The Labute approximate surface area is 127 Å². The van der Waals surface area contributed by atoms with Crippen LogP contribution in [0.25, 0.3) is 0 Å². The van der Waals surface area contributed by atoms with Gasteiger partial charge in [0.15, 0.2) is 0 Å². The Bertz CT molecular complexity index is 475. The van der Waals surface area contributed by atoms with Crippen LogP contribution < -0.4 is 5.32 Å². The molecule has 2 N–H and O–H groups in total. The molecule has 0 aliphatic rings. The highest BCUT2D eigenvalue weighted by Crippen LogP contribution is 2.23. The summed E-state index contributed by atoms with van der Waals surface area (Å²) in [7, 11) is 0. The van der Waals surface area contributed by atoms with Crippen molar-refractivity contribution in [2.24, 2.45) is 5.92 Å². The van der Waals surface area contributed by atoms with Crippen LogP contribution in [0.15, 0.2) is 53.1 Å². The van der Waals surface area contributed by atoms with E-state index in [-0.39, 0.29) is 12.6 Å². The van der Waals surface area contributed by atoms with Crippen molar-refractivity contribution in [3.63, 3.8) is 0 Å². The average Bonchev–Trinajstić information content (AvgIpc) is 3.03. The number of furan rings is 1. The van der Waals surface area contributed by atoms with Crippen LogP contribution in [0.2, 0.25) is 0 Å². The molecule has 1 heterocycles. The summed E-state index contributed by atoms with van der Waals surface area (Å²) in [6.07, 6.45) is 4.83. The lowest BCUT2D eigenvalue weighted by molar-refractivity contribution is 0.245. The van der Waals surface area contributed by atoms with Crippen LogP contribution in [-0.4, -0.2) is 18.3 Å². The maximum atomic E-state index is 9.18. The van der Waals surface area contributed by atoms with Crippen molar-refractivity contribution in [2.75, 3.05) is 13.2 Å². The van der Waals surface area contributed by atoms with Gasteiger partial charge < -0.3 is 14.8 Å². The van der Waals surface area contributed by atoms with Gasteiger partial charge in [0.2, 0.25) is 0 Å². The Balaban J connectivity index is 2.06. The van der Waals surface area contributed by atoms with E-state index in [1.165, 1.54) is 5.56 Å². The summed E-state index contributed by atoms with van der Waals surface area (Å²) in [5.41, 5.74) is 1.20. The van der Waals surface area contributed by atoms with Gasteiger partial charge in [0, 0.05) is 6.61 Å². The molecule has 0 spiro atoms. The van der Waals surface area contributed by atoms with Gasteiger partial charge >= 0.3 is 0 Å². The molecule has 3 heteroatoms. The molecule has 0 amide bonds. The molecule has 0 saturated heterocycles. The van der Waals surface area contributed by atoms with Gasteiger partial charge in [-0.25, -0.2) is 0 Å². The Kier molecular flexibility index (Phi) is 6.51. The summed E-state index contributed by atoms with van der Waals surface area (Å²) in [5, 5.41) is 12.8. The first kappa shape index (κ1) is 15.8. The van der Waals surface area contributed by atoms with Gasteiger partial charge in [0.25, 0.3) is 0 Å². The predicted octanol–water partition coefficient (Wildman–Crippen LogP) is 3.76. The van der Waals surface area contributed by atoms with Crippen molar-refractivity contribution in [3.8, 4) is 0 Å². The first-order valence-corrected chi connectivity index (χ1v) is 7.77. The van der Waals surface area contributed by atoms with E-state index in [1.807, 2.05) is 30.3 Å². The predicted molar refractivity (Wildman–Crippen MR) is 85.1 cm³/mol. The molecule has 0 aliphatic heterocycles. The Morgan fingerprint density at radius 3 is 2.52 bits per heavy atom. The molecule has 0 bridgehead atoms. The van der Waals surface area contributed by atoms with E-state index in [9.17, 15) is 5.11 Å². The number of aliphatic hydroxyl groups is 1. The summed E-state index contributed by atoms with van der Waals surface area (Å²) in [6.45, 7) is 3.32. The van der Waals surface area contributed by atoms with Gasteiger partial charge in [-0.15, -0.1) is 0 Å². The van der Waals surface area contributed by atoms with Crippen molar-refractivity contribution in [1.82, 2.24) is 5.32 Å². The zero-order valence-electron chi connectivity index (χ0n) is 12.7. The van der Waals surface area contributed by atoms with Crippen molar-refractivity contribution in [2.45, 2.75) is 32.2 Å². The van der Waals surface area contributed by atoms with Gasteiger partial charge in [0.05, 0.1) is 12.3 Å². The molecular formula is C18H25NO2. The first-order valence-electron chi connectivity index (χ1n) is 7.77. The number of hydrogen-bond acceptors (Lipinski definition) is 3. The summed E-state index contributed by atoms with van der Waals surface area (Å²) in [6, 6.07) is 14.3. The number of rotatable bonds is 9. The molecule has 2 atom stereocenters. The van der Waals surface area contributed by atoms with Crippen molar-refractivity contribution in [1.29, 1.82) is 0 Å². The minimum atomic E-state index is 0.0687. The van der Waals surface area contributed by atoms with Gasteiger partial charge in [-0.3, -0.25) is 0 Å². The number of aliphatic hydroxyl groups excluding tert-OH is 1. The van der Waals surface area contributed by atoms with Gasteiger partial charge in [-0.05, 0) is 43.0 Å². The SMILES string of the molecule is CCCC(CCO)CNC(c1ccccc1)c1ccco1. The highest BCUT2D eigenvalue weighted by atomic mass is 16.3. The standard InChI is InChI=1S/C18H25NO2/c1-2-7-15(11-12-20)14-19-18(17-10-6-13-21-17)16-8-4-3-5-9-16/h3-6,8-10,13,15,18-20H,2,7,11-12,14H2,1H3. The third-order valence-electron chi connectivity index (χ3n) is 3.81. The van der Waals surface area contributed by atoms with Crippen molar-refractivity contribution >= 4 is 0 Å². The summed E-state index contributed by atoms with van der Waals surface area (Å²) in [4.78, 5) is 0. The molecular weight excluding hydrogens is 262 g/mol. The van der Waals surface area contributed by atoms with Crippen LogP contribution in [0.5, 0.6) is 0 Å². The second kappa shape index (κ2) is 8.65. The maximum absolute atomic E-state index is 9.18. The lowest BCUT2D eigenvalue weighted by Crippen LogP contribution is -2.28.